The zero-order chi connectivity index (χ0) is 23.8. The van der Waals surface area contributed by atoms with E-state index in [2.05, 4.69) is 34.1 Å². The van der Waals surface area contributed by atoms with Crippen molar-refractivity contribution in [3.8, 4) is 0 Å². The largest absolute Gasteiger partial charge is 0.469 e. The SMILES string of the molecule is COC(=O)[C@@]1(C)C[C@H](C(=O)OC(C)(C)C)N2[C@H]1N(Cc1ccccc1)C[C@H]2c1ccccc1. The molecule has 6 heteroatoms. The summed E-state index contributed by atoms with van der Waals surface area (Å²) in [5.41, 5.74) is 0.816. The van der Waals surface area contributed by atoms with Gasteiger partial charge in [0.05, 0.1) is 18.7 Å². The van der Waals surface area contributed by atoms with Crippen molar-refractivity contribution in [3.05, 3.63) is 71.8 Å². The predicted octanol–water partition coefficient (Wildman–Crippen LogP) is 4.16. The summed E-state index contributed by atoms with van der Waals surface area (Å²) in [6.07, 6.45) is 0.0707. The molecule has 0 bridgehead atoms. The van der Waals surface area contributed by atoms with Gasteiger partial charge >= 0.3 is 11.9 Å². The molecule has 2 saturated heterocycles. The highest BCUT2D eigenvalue weighted by Gasteiger charge is 2.64. The second-order valence-electron chi connectivity index (χ2n) is 10.3. The number of hydrogen-bond acceptors (Lipinski definition) is 6. The van der Waals surface area contributed by atoms with Gasteiger partial charge in [-0.15, -0.1) is 0 Å². The number of fused-ring (bicyclic) bond motifs is 1. The lowest BCUT2D eigenvalue weighted by Crippen LogP contribution is -2.49. The average Bonchev–Trinajstić information content (AvgIpc) is 3.31. The van der Waals surface area contributed by atoms with Gasteiger partial charge in [0.15, 0.2) is 0 Å². The van der Waals surface area contributed by atoms with Crippen LogP contribution >= 0.6 is 0 Å². The number of carbonyl (C=O) groups excluding carboxylic acids is 2. The number of benzene rings is 2. The molecular weight excluding hydrogens is 416 g/mol. The summed E-state index contributed by atoms with van der Waals surface area (Å²) in [6.45, 7) is 8.92. The van der Waals surface area contributed by atoms with E-state index in [9.17, 15) is 9.59 Å². The quantitative estimate of drug-likeness (QED) is 0.638. The third-order valence-corrected chi connectivity index (χ3v) is 6.69. The van der Waals surface area contributed by atoms with Crippen LogP contribution in [0, 0.1) is 5.41 Å². The van der Waals surface area contributed by atoms with Crippen LogP contribution in [0.4, 0.5) is 0 Å². The number of methoxy groups -OCH3 is 1. The van der Waals surface area contributed by atoms with Crippen LogP contribution in [0.3, 0.4) is 0 Å². The summed E-state index contributed by atoms with van der Waals surface area (Å²) in [4.78, 5) is 31.1. The van der Waals surface area contributed by atoms with Crippen LogP contribution in [0.5, 0.6) is 0 Å². The van der Waals surface area contributed by atoms with Crippen molar-refractivity contribution in [2.75, 3.05) is 13.7 Å². The van der Waals surface area contributed by atoms with Crippen LogP contribution in [0.15, 0.2) is 60.7 Å². The van der Waals surface area contributed by atoms with Crippen LogP contribution < -0.4 is 0 Å². The normalized spacial score (nSPS) is 27.8. The van der Waals surface area contributed by atoms with Crippen molar-refractivity contribution in [3.63, 3.8) is 0 Å². The van der Waals surface area contributed by atoms with Gasteiger partial charge in [0.25, 0.3) is 0 Å². The Morgan fingerprint density at radius 3 is 2.21 bits per heavy atom. The molecule has 2 aliphatic rings. The lowest BCUT2D eigenvalue weighted by Gasteiger charge is -2.35. The highest BCUT2D eigenvalue weighted by atomic mass is 16.6. The minimum atomic E-state index is -0.866. The fraction of sp³-hybridized carbons (Fsp3) is 0.481. The predicted molar refractivity (Wildman–Crippen MR) is 126 cm³/mol. The maximum Gasteiger partial charge on any atom is 0.323 e. The summed E-state index contributed by atoms with van der Waals surface area (Å²) in [6, 6.07) is 19.9. The average molecular weight is 451 g/mol. The van der Waals surface area contributed by atoms with Gasteiger partial charge in [-0.1, -0.05) is 60.7 Å². The Balaban J connectivity index is 1.78. The fourth-order valence-corrected chi connectivity index (χ4v) is 5.43. The number of hydrogen-bond donors (Lipinski definition) is 0. The second-order valence-corrected chi connectivity index (χ2v) is 10.3. The van der Waals surface area contributed by atoms with E-state index < -0.39 is 17.1 Å². The zero-order valence-corrected chi connectivity index (χ0v) is 20.2. The Kier molecular flexibility index (Phi) is 6.34. The highest BCUT2D eigenvalue weighted by molar-refractivity contribution is 5.83. The number of rotatable bonds is 5. The molecule has 0 aromatic heterocycles. The number of nitrogens with zero attached hydrogens (tertiary/aromatic N) is 2. The van der Waals surface area contributed by atoms with E-state index >= 15 is 0 Å². The molecule has 0 unspecified atom stereocenters. The molecule has 6 nitrogen and oxygen atoms in total. The standard InChI is InChI=1S/C27H34N2O4/c1-26(2,3)33-23(30)21-16-27(4,25(31)32-5)24-28(17-19-12-8-6-9-13-19)18-22(29(21)24)20-14-10-7-11-15-20/h6-15,21-22,24H,16-18H2,1-5H3/t21-,22+,24-,27+/m1/s1. The minimum Gasteiger partial charge on any atom is -0.469 e. The lowest BCUT2D eigenvalue weighted by atomic mass is 9.84. The molecule has 33 heavy (non-hydrogen) atoms. The number of carbonyl (C=O) groups is 2. The van der Waals surface area contributed by atoms with E-state index in [0.717, 1.165) is 5.56 Å². The van der Waals surface area contributed by atoms with Crippen molar-refractivity contribution < 1.29 is 19.1 Å². The molecule has 2 aromatic rings. The first-order chi connectivity index (χ1) is 15.6. The molecule has 2 aromatic carbocycles. The molecule has 176 valence electrons. The Morgan fingerprint density at radius 2 is 1.64 bits per heavy atom. The first kappa shape index (κ1) is 23.5. The van der Waals surface area contributed by atoms with Gasteiger partial charge in [-0.3, -0.25) is 19.4 Å². The summed E-state index contributed by atoms with van der Waals surface area (Å²) in [5, 5.41) is 0. The summed E-state index contributed by atoms with van der Waals surface area (Å²) in [7, 11) is 1.42. The van der Waals surface area contributed by atoms with Gasteiger partial charge in [-0.25, -0.2) is 0 Å². The Morgan fingerprint density at radius 1 is 1.03 bits per heavy atom. The summed E-state index contributed by atoms with van der Waals surface area (Å²) in [5.74, 6) is -0.585. The van der Waals surface area contributed by atoms with Crippen LogP contribution in [-0.2, 0) is 25.6 Å². The molecular formula is C27H34N2O4. The molecule has 0 radical (unpaired) electrons. The molecule has 0 saturated carbocycles. The Labute approximate surface area is 196 Å². The van der Waals surface area contributed by atoms with Crippen molar-refractivity contribution in [1.29, 1.82) is 0 Å². The monoisotopic (exact) mass is 450 g/mol. The lowest BCUT2D eigenvalue weighted by molar-refractivity contribution is -0.161. The van der Waals surface area contributed by atoms with Crippen LogP contribution in [0.25, 0.3) is 0 Å². The maximum atomic E-state index is 13.4. The molecule has 0 spiro atoms. The van der Waals surface area contributed by atoms with Gasteiger partial charge in [-0.05, 0) is 45.2 Å². The number of ether oxygens (including phenoxy) is 2. The molecule has 0 amide bonds. The van der Waals surface area contributed by atoms with Crippen molar-refractivity contribution in [2.45, 2.75) is 64.5 Å². The van der Waals surface area contributed by atoms with E-state index in [4.69, 9.17) is 9.47 Å². The smallest absolute Gasteiger partial charge is 0.323 e. The Bertz CT molecular complexity index is 988. The molecule has 4 atom stereocenters. The first-order valence-corrected chi connectivity index (χ1v) is 11.6. The van der Waals surface area contributed by atoms with Crippen molar-refractivity contribution >= 4 is 11.9 Å². The maximum absolute atomic E-state index is 13.4. The van der Waals surface area contributed by atoms with Crippen molar-refractivity contribution in [1.82, 2.24) is 9.80 Å². The first-order valence-electron chi connectivity index (χ1n) is 11.6. The summed E-state index contributed by atoms with van der Waals surface area (Å²) < 4.78 is 11.1. The van der Waals surface area contributed by atoms with E-state index in [1.807, 2.05) is 64.1 Å². The third-order valence-electron chi connectivity index (χ3n) is 6.69. The van der Waals surface area contributed by atoms with E-state index in [1.165, 1.54) is 12.7 Å². The van der Waals surface area contributed by atoms with Gasteiger partial charge in [-0.2, -0.15) is 0 Å². The molecule has 4 rings (SSSR count). The summed E-state index contributed by atoms with van der Waals surface area (Å²) >= 11 is 0. The molecule has 2 heterocycles. The molecule has 0 aliphatic carbocycles. The van der Waals surface area contributed by atoms with Gasteiger partial charge < -0.3 is 9.47 Å². The topological polar surface area (TPSA) is 59.1 Å². The molecule has 2 aliphatic heterocycles. The van der Waals surface area contributed by atoms with E-state index in [1.54, 1.807) is 0 Å². The van der Waals surface area contributed by atoms with E-state index in [-0.39, 0.29) is 24.1 Å². The fourth-order valence-electron chi connectivity index (χ4n) is 5.43. The highest BCUT2D eigenvalue weighted by Crippen LogP contribution is 2.52. The van der Waals surface area contributed by atoms with Crippen molar-refractivity contribution in [2.24, 2.45) is 5.41 Å². The third kappa shape index (κ3) is 4.55. The van der Waals surface area contributed by atoms with Crippen LogP contribution in [0.1, 0.15) is 51.3 Å². The molecule has 0 N–H and O–H groups in total. The molecule has 2 fully saturated rings. The Hall–Kier alpha value is -2.70. The minimum absolute atomic E-state index is 0.0380. The van der Waals surface area contributed by atoms with Gasteiger partial charge in [0, 0.05) is 19.1 Å². The zero-order valence-electron chi connectivity index (χ0n) is 20.2. The van der Waals surface area contributed by atoms with Crippen LogP contribution in [-0.4, -0.2) is 53.2 Å². The van der Waals surface area contributed by atoms with Gasteiger partial charge in [0.1, 0.15) is 11.6 Å². The number of esters is 2. The van der Waals surface area contributed by atoms with Gasteiger partial charge in [0.2, 0.25) is 0 Å². The second kappa shape index (κ2) is 8.92. The van der Waals surface area contributed by atoms with Crippen LogP contribution in [0.2, 0.25) is 0 Å². The van der Waals surface area contributed by atoms with E-state index in [0.29, 0.717) is 19.5 Å².